The molecule has 0 saturated carbocycles. The van der Waals surface area contributed by atoms with Crippen molar-refractivity contribution in [1.29, 1.82) is 0 Å². The fourth-order valence-corrected chi connectivity index (χ4v) is 2.76. The summed E-state index contributed by atoms with van der Waals surface area (Å²) in [6, 6.07) is 11.5. The number of rotatable bonds is 4. The van der Waals surface area contributed by atoms with E-state index in [2.05, 4.69) is 61.0 Å². The Morgan fingerprint density at radius 3 is 2.56 bits per heavy atom. The van der Waals surface area contributed by atoms with E-state index in [1.807, 2.05) is 0 Å². The van der Waals surface area contributed by atoms with E-state index in [1.165, 1.54) is 5.56 Å². The van der Waals surface area contributed by atoms with Gasteiger partial charge in [0.05, 0.1) is 12.6 Å². The molecule has 0 amide bonds. The van der Waals surface area contributed by atoms with Crippen LogP contribution in [0.25, 0.3) is 0 Å². The summed E-state index contributed by atoms with van der Waals surface area (Å²) in [6.45, 7) is 7.46. The fraction of sp³-hybridized carbons (Fsp3) is 0.533. The lowest BCUT2D eigenvalue weighted by Crippen LogP contribution is -2.45. The Balaban J connectivity index is 2.02. The summed E-state index contributed by atoms with van der Waals surface area (Å²) in [5.41, 5.74) is 7.36. The molecule has 3 nitrogen and oxygen atoms in total. The van der Waals surface area contributed by atoms with Gasteiger partial charge < -0.3 is 10.6 Å². The third kappa shape index (κ3) is 2.66. The molecule has 1 aromatic rings. The normalized spacial score (nSPS) is 21.2. The molecule has 0 spiro atoms. The quantitative estimate of drug-likeness (QED) is 0.886. The van der Waals surface area contributed by atoms with Crippen LogP contribution in [0.2, 0.25) is 0 Å². The second-order valence-corrected chi connectivity index (χ2v) is 5.40. The average Bonchev–Trinajstić information content (AvgIpc) is 2.71. The highest BCUT2D eigenvalue weighted by Crippen LogP contribution is 2.25. The van der Waals surface area contributed by atoms with Gasteiger partial charge in [-0.25, -0.2) is 0 Å². The molecular formula is C15H23N3. The van der Waals surface area contributed by atoms with E-state index in [1.54, 1.807) is 0 Å². The first-order valence-electron chi connectivity index (χ1n) is 6.72. The predicted molar refractivity (Wildman–Crippen MR) is 76.7 cm³/mol. The van der Waals surface area contributed by atoms with Crippen LogP contribution in [0, 0.1) is 0 Å². The Labute approximate surface area is 110 Å². The number of aliphatic imine (C=N–C) groups is 1. The van der Waals surface area contributed by atoms with Crippen LogP contribution in [0.15, 0.2) is 35.3 Å². The number of nitrogens with two attached hydrogens (primary N) is 1. The molecule has 3 heteroatoms. The molecule has 2 N–H and O–H groups in total. The van der Waals surface area contributed by atoms with Crippen molar-refractivity contribution in [2.24, 2.45) is 10.7 Å². The van der Waals surface area contributed by atoms with Crippen LogP contribution in [0.3, 0.4) is 0 Å². The minimum Gasteiger partial charge on any atom is -0.370 e. The minimum absolute atomic E-state index is 0.421. The molecule has 0 saturated heterocycles. The molecule has 2 unspecified atom stereocenters. The smallest absolute Gasteiger partial charge is 0.191 e. The number of nitrogens with zero attached hydrogens (tertiary/aromatic N) is 2. The Hall–Kier alpha value is -1.51. The number of hydrogen-bond donors (Lipinski definition) is 1. The summed E-state index contributed by atoms with van der Waals surface area (Å²) < 4.78 is 0. The predicted octanol–water partition coefficient (Wildman–Crippen LogP) is 2.59. The second-order valence-electron chi connectivity index (χ2n) is 5.40. The first kappa shape index (κ1) is 12.9. The summed E-state index contributed by atoms with van der Waals surface area (Å²) in [7, 11) is 0. The average molecular weight is 245 g/mol. The van der Waals surface area contributed by atoms with E-state index in [0.29, 0.717) is 24.0 Å². The van der Waals surface area contributed by atoms with Gasteiger partial charge in [0.15, 0.2) is 5.96 Å². The van der Waals surface area contributed by atoms with Gasteiger partial charge in [0.25, 0.3) is 0 Å². The molecule has 1 aliphatic rings. The molecule has 1 heterocycles. The summed E-state index contributed by atoms with van der Waals surface area (Å²) in [6.07, 6.45) is 1.10. The first-order chi connectivity index (χ1) is 8.59. The molecule has 1 aromatic carbocycles. The third-order valence-electron chi connectivity index (χ3n) is 3.67. The van der Waals surface area contributed by atoms with Crippen LogP contribution in [0.5, 0.6) is 0 Å². The van der Waals surface area contributed by atoms with E-state index in [9.17, 15) is 0 Å². The molecule has 2 rings (SSSR count). The van der Waals surface area contributed by atoms with Crippen LogP contribution in [-0.2, 0) is 0 Å². The Morgan fingerprint density at radius 2 is 1.94 bits per heavy atom. The van der Waals surface area contributed by atoms with Gasteiger partial charge in [-0.3, -0.25) is 4.99 Å². The van der Waals surface area contributed by atoms with Crippen molar-refractivity contribution in [2.45, 2.75) is 45.2 Å². The maximum absolute atomic E-state index is 5.96. The van der Waals surface area contributed by atoms with Gasteiger partial charge in [0, 0.05) is 6.04 Å². The molecule has 1 aliphatic heterocycles. The lowest BCUT2D eigenvalue weighted by molar-refractivity contribution is 0.264. The molecule has 0 aliphatic carbocycles. The van der Waals surface area contributed by atoms with Crippen molar-refractivity contribution in [3.63, 3.8) is 0 Å². The number of benzene rings is 1. The molecule has 98 valence electrons. The van der Waals surface area contributed by atoms with Gasteiger partial charge in [-0.2, -0.15) is 0 Å². The van der Waals surface area contributed by atoms with Crippen LogP contribution >= 0.6 is 0 Å². The standard InChI is InChI=1S/C15H23N3/c1-11(2)18-14(10-17-15(18)16)9-12(3)13-7-5-4-6-8-13/h4-8,11-12,14H,9-10H2,1-3H3,(H2,16,17). The zero-order chi connectivity index (χ0) is 13.1. The number of guanidine groups is 1. The van der Waals surface area contributed by atoms with Crippen LogP contribution in [0.4, 0.5) is 0 Å². The summed E-state index contributed by atoms with van der Waals surface area (Å²) in [5.74, 6) is 1.24. The molecule has 0 aromatic heterocycles. The van der Waals surface area contributed by atoms with Crippen molar-refractivity contribution >= 4 is 5.96 Å². The Bertz CT molecular complexity index is 411. The minimum atomic E-state index is 0.421. The van der Waals surface area contributed by atoms with E-state index in [0.717, 1.165) is 13.0 Å². The molecule has 0 radical (unpaired) electrons. The third-order valence-corrected chi connectivity index (χ3v) is 3.67. The Kier molecular flexibility index (Phi) is 3.90. The molecule has 18 heavy (non-hydrogen) atoms. The van der Waals surface area contributed by atoms with Gasteiger partial charge in [-0.05, 0) is 31.7 Å². The van der Waals surface area contributed by atoms with E-state index in [4.69, 9.17) is 5.73 Å². The number of hydrogen-bond acceptors (Lipinski definition) is 3. The monoisotopic (exact) mass is 245 g/mol. The van der Waals surface area contributed by atoms with Gasteiger partial charge in [-0.1, -0.05) is 37.3 Å². The van der Waals surface area contributed by atoms with Crippen molar-refractivity contribution in [2.75, 3.05) is 6.54 Å². The summed E-state index contributed by atoms with van der Waals surface area (Å²) in [5, 5.41) is 0. The van der Waals surface area contributed by atoms with Crippen molar-refractivity contribution in [3.05, 3.63) is 35.9 Å². The fourth-order valence-electron chi connectivity index (χ4n) is 2.76. The van der Waals surface area contributed by atoms with Gasteiger partial charge in [0.1, 0.15) is 0 Å². The van der Waals surface area contributed by atoms with Crippen molar-refractivity contribution in [1.82, 2.24) is 4.90 Å². The largest absolute Gasteiger partial charge is 0.370 e. The highest BCUT2D eigenvalue weighted by molar-refractivity contribution is 5.80. The highest BCUT2D eigenvalue weighted by atomic mass is 15.3. The van der Waals surface area contributed by atoms with Gasteiger partial charge in [-0.15, -0.1) is 0 Å². The molecule has 0 fully saturated rings. The maximum atomic E-state index is 5.96. The van der Waals surface area contributed by atoms with E-state index >= 15 is 0 Å². The van der Waals surface area contributed by atoms with Crippen LogP contribution in [-0.4, -0.2) is 29.5 Å². The van der Waals surface area contributed by atoms with E-state index in [-0.39, 0.29) is 0 Å². The Morgan fingerprint density at radius 1 is 1.28 bits per heavy atom. The van der Waals surface area contributed by atoms with Gasteiger partial charge >= 0.3 is 0 Å². The highest BCUT2D eigenvalue weighted by Gasteiger charge is 2.29. The van der Waals surface area contributed by atoms with Crippen LogP contribution in [0.1, 0.15) is 38.7 Å². The summed E-state index contributed by atoms with van der Waals surface area (Å²) in [4.78, 5) is 6.64. The first-order valence-corrected chi connectivity index (χ1v) is 6.72. The summed E-state index contributed by atoms with van der Waals surface area (Å²) >= 11 is 0. The van der Waals surface area contributed by atoms with Crippen molar-refractivity contribution < 1.29 is 0 Å². The zero-order valence-corrected chi connectivity index (χ0v) is 11.5. The second kappa shape index (κ2) is 5.42. The lowest BCUT2D eigenvalue weighted by atomic mass is 9.93. The molecule has 0 bridgehead atoms. The SMILES string of the molecule is CC(CC1CN=C(N)N1C(C)C)c1ccccc1. The molecular weight excluding hydrogens is 222 g/mol. The lowest BCUT2D eigenvalue weighted by Gasteiger charge is -2.31. The zero-order valence-electron chi connectivity index (χ0n) is 11.5. The van der Waals surface area contributed by atoms with E-state index < -0.39 is 0 Å². The molecule has 2 atom stereocenters. The van der Waals surface area contributed by atoms with Gasteiger partial charge in [0.2, 0.25) is 0 Å². The maximum Gasteiger partial charge on any atom is 0.191 e. The van der Waals surface area contributed by atoms with Crippen LogP contribution < -0.4 is 5.73 Å². The van der Waals surface area contributed by atoms with Crippen molar-refractivity contribution in [3.8, 4) is 0 Å². The topological polar surface area (TPSA) is 41.6 Å².